The van der Waals surface area contributed by atoms with E-state index in [1.165, 1.54) is 25.4 Å². The highest BCUT2D eigenvalue weighted by molar-refractivity contribution is 5.93. The number of ether oxygens (including phenoxy) is 1. The SMILES string of the molecule is COc1cn(-c2cccc(C(F)(F)F)c2)nc1C(N)=O. The van der Waals surface area contributed by atoms with E-state index >= 15 is 0 Å². The Kier molecular flexibility index (Phi) is 3.39. The first kappa shape index (κ1) is 13.9. The van der Waals surface area contributed by atoms with E-state index in [0.717, 1.165) is 16.8 Å². The van der Waals surface area contributed by atoms with Crippen molar-refractivity contribution in [3.63, 3.8) is 0 Å². The van der Waals surface area contributed by atoms with Crippen molar-refractivity contribution >= 4 is 5.91 Å². The second-order valence-corrected chi connectivity index (χ2v) is 3.90. The standard InChI is InChI=1S/C12H10F3N3O2/c1-20-9-6-18(17-10(9)11(16)19)8-4-2-3-7(5-8)12(13,14)15/h2-6H,1H3,(H2,16,19). The van der Waals surface area contributed by atoms with Gasteiger partial charge in [0, 0.05) is 0 Å². The molecule has 0 bridgehead atoms. The number of methoxy groups -OCH3 is 1. The van der Waals surface area contributed by atoms with Gasteiger partial charge in [-0.05, 0) is 18.2 Å². The van der Waals surface area contributed by atoms with Crippen molar-refractivity contribution in [1.82, 2.24) is 9.78 Å². The molecule has 0 spiro atoms. The summed E-state index contributed by atoms with van der Waals surface area (Å²) in [7, 11) is 1.31. The Morgan fingerprint density at radius 3 is 2.60 bits per heavy atom. The number of hydrogen-bond acceptors (Lipinski definition) is 3. The summed E-state index contributed by atoms with van der Waals surface area (Å²) in [6.45, 7) is 0. The molecule has 1 heterocycles. The predicted molar refractivity (Wildman–Crippen MR) is 63.6 cm³/mol. The van der Waals surface area contributed by atoms with Crippen LogP contribution in [0.4, 0.5) is 13.2 Å². The molecule has 1 amide bonds. The summed E-state index contributed by atoms with van der Waals surface area (Å²) in [5.74, 6) is -0.734. The molecule has 8 heteroatoms. The van der Waals surface area contributed by atoms with Crippen molar-refractivity contribution in [2.45, 2.75) is 6.18 Å². The van der Waals surface area contributed by atoms with E-state index in [1.54, 1.807) is 0 Å². The van der Waals surface area contributed by atoms with Crippen molar-refractivity contribution in [1.29, 1.82) is 0 Å². The molecule has 2 rings (SSSR count). The van der Waals surface area contributed by atoms with Crippen LogP contribution in [0.1, 0.15) is 16.1 Å². The van der Waals surface area contributed by atoms with Crippen LogP contribution >= 0.6 is 0 Å². The lowest BCUT2D eigenvalue weighted by atomic mass is 10.2. The third-order valence-electron chi connectivity index (χ3n) is 2.57. The summed E-state index contributed by atoms with van der Waals surface area (Å²) < 4.78 is 43.9. The number of rotatable bonds is 3. The maximum absolute atomic E-state index is 12.6. The first-order chi connectivity index (χ1) is 9.32. The largest absolute Gasteiger partial charge is 0.493 e. The molecule has 0 atom stereocenters. The molecular weight excluding hydrogens is 275 g/mol. The fourth-order valence-corrected chi connectivity index (χ4v) is 1.64. The van der Waals surface area contributed by atoms with Crippen molar-refractivity contribution < 1.29 is 22.7 Å². The maximum atomic E-state index is 12.6. The average molecular weight is 285 g/mol. The number of carbonyl (C=O) groups excluding carboxylic acids is 1. The van der Waals surface area contributed by atoms with E-state index in [-0.39, 0.29) is 17.1 Å². The van der Waals surface area contributed by atoms with Crippen LogP contribution in [0.15, 0.2) is 30.5 Å². The molecule has 0 aliphatic heterocycles. The van der Waals surface area contributed by atoms with Crippen LogP contribution in [0.5, 0.6) is 5.75 Å². The molecular formula is C12H10F3N3O2. The van der Waals surface area contributed by atoms with Gasteiger partial charge in [0.2, 0.25) is 0 Å². The predicted octanol–water partition coefficient (Wildman–Crippen LogP) is 2.00. The number of amides is 1. The van der Waals surface area contributed by atoms with E-state index < -0.39 is 17.6 Å². The molecule has 1 aromatic heterocycles. The third kappa shape index (κ3) is 2.58. The van der Waals surface area contributed by atoms with Gasteiger partial charge < -0.3 is 10.5 Å². The van der Waals surface area contributed by atoms with Crippen LogP contribution in [0.2, 0.25) is 0 Å². The Balaban J connectivity index is 2.49. The van der Waals surface area contributed by atoms with E-state index in [0.29, 0.717) is 0 Å². The van der Waals surface area contributed by atoms with Crippen LogP contribution in [-0.2, 0) is 6.18 Å². The molecule has 5 nitrogen and oxygen atoms in total. The Morgan fingerprint density at radius 1 is 1.40 bits per heavy atom. The molecule has 1 aromatic carbocycles. The highest BCUT2D eigenvalue weighted by atomic mass is 19.4. The van der Waals surface area contributed by atoms with Gasteiger partial charge in [0.25, 0.3) is 5.91 Å². The number of primary amides is 1. The molecule has 0 unspecified atom stereocenters. The molecule has 0 saturated heterocycles. The van der Waals surface area contributed by atoms with Gasteiger partial charge in [0.1, 0.15) is 0 Å². The first-order valence-electron chi connectivity index (χ1n) is 5.44. The molecule has 0 radical (unpaired) electrons. The monoisotopic (exact) mass is 285 g/mol. The third-order valence-corrected chi connectivity index (χ3v) is 2.57. The van der Waals surface area contributed by atoms with Crippen molar-refractivity contribution in [2.24, 2.45) is 5.73 Å². The van der Waals surface area contributed by atoms with Gasteiger partial charge in [-0.25, -0.2) is 4.68 Å². The lowest BCUT2D eigenvalue weighted by Crippen LogP contribution is -2.13. The Labute approximate surface area is 111 Å². The van der Waals surface area contributed by atoms with Gasteiger partial charge in [-0.1, -0.05) is 6.07 Å². The van der Waals surface area contributed by atoms with Crippen LogP contribution in [0, 0.1) is 0 Å². The van der Waals surface area contributed by atoms with Crippen LogP contribution < -0.4 is 10.5 Å². The number of alkyl halides is 3. The van der Waals surface area contributed by atoms with Crippen molar-refractivity contribution in [2.75, 3.05) is 7.11 Å². The van der Waals surface area contributed by atoms with Crippen LogP contribution in [0.25, 0.3) is 5.69 Å². The number of nitrogens with two attached hydrogens (primary N) is 1. The fraction of sp³-hybridized carbons (Fsp3) is 0.167. The van der Waals surface area contributed by atoms with Crippen LogP contribution in [0.3, 0.4) is 0 Å². The van der Waals surface area contributed by atoms with Crippen LogP contribution in [-0.4, -0.2) is 22.8 Å². The van der Waals surface area contributed by atoms with E-state index in [4.69, 9.17) is 10.5 Å². The summed E-state index contributed by atoms with van der Waals surface area (Å²) in [4.78, 5) is 11.1. The number of hydrogen-bond donors (Lipinski definition) is 1. The van der Waals surface area contributed by atoms with Gasteiger partial charge in [-0.3, -0.25) is 4.79 Å². The number of aromatic nitrogens is 2. The number of carbonyl (C=O) groups is 1. The summed E-state index contributed by atoms with van der Waals surface area (Å²) in [6, 6.07) is 4.53. The number of nitrogens with zero attached hydrogens (tertiary/aromatic N) is 2. The summed E-state index contributed by atoms with van der Waals surface area (Å²) in [5, 5.41) is 3.82. The average Bonchev–Trinajstić information content (AvgIpc) is 2.82. The molecule has 106 valence electrons. The zero-order valence-electron chi connectivity index (χ0n) is 10.3. The topological polar surface area (TPSA) is 70.1 Å². The summed E-state index contributed by atoms with van der Waals surface area (Å²) in [5.41, 5.74) is 4.29. The molecule has 0 saturated carbocycles. The Bertz CT molecular complexity index is 650. The van der Waals surface area contributed by atoms with Gasteiger partial charge in [-0.2, -0.15) is 18.3 Å². The molecule has 2 N–H and O–H groups in total. The minimum Gasteiger partial charge on any atom is -0.493 e. The Morgan fingerprint density at radius 2 is 2.10 bits per heavy atom. The summed E-state index contributed by atoms with van der Waals surface area (Å²) in [6.07, 6.45) is -3.17. The lowest BCUT2D eigenvalue weighted by Gasteiger charge is -2.08. The van der Waals surface area contributed by atoms with Gasteiger partial charge in [0.05, 0.1) is 24.6 Å². The van der Waals surface area contributed by atoms with Crippen molar-refractivity contribution in [3.05, 3.63) is 41.7 Å². The van der Waals surface area contributed by atoms with E-state index in [9.17, 15) is 18.0 Å². The van der Waals surface area contributed by atoms with E-state index in [1.807, 2.05) is 0 Å². The van der Waals surface area contributed by atoms with Gasteiger partial charge in [0.15, 0.2) is 11.4 Å². The maximum Gasteiger partial charge on any atom is 0.416 e. The highest BCUT2D eigenvalue weighted by Gasteiger charge is 2.30. The zero-order valence-corrected chi connectivity index (χ0v) is 10.3. The smallest absolute Gasteiger partial charge is 0.416 e. The Hall–Kier alpha value is -2.51. The minimum atomic E-state index is -4.46. The quantitative estimate of drug-likeness (QED) is 0.937. The molecule has 0 aliphatic rings. The van der Waals surface area contributed by atoms with Gasteiger partial charge >= 0.3 is 6.18 Å². The normalized spacial score (nSPS) is 11.4. The first-order valence-corrected chi connectivity index (χ1v) is 5.44. The molecule has 0 fully saturated rings. The number of halogens is 3. The van der Waals surface area contributed by atoms with E-state index in [2.05, 4.69) is 5.10 Å². The molecule has 20 heavy (non-hydrogen) atoms. The van der Waals surface area contributed by atoms with Crippen molar-refractivity contribution in [3.8, 4) is 11.4 Å². The second-order valence-electron chi connectivity index (χ2n) is 3.90. The van der Waals surface area contributed by atoms with Gasteiger partial charge in [-0.15, -0.1) is 0 Å². The highest BCUT2D eigenvalue weighted by Crippen LogP contribution is 2.30. The second kappa shape index (κ2) is 4.87. The summed E-state index contributed by atoms with van der Waals surface area (Å²) >= 11 is 0. The molecule has 0 aliphatic carbocycles. The number of benzene rings is 1. The molecule has 2 aromatic rings. The zero-order chi connectivity index (χ0) is 14.9. The fourth-order valence-electron chi connectivity index (χ4n) is 1.64. The lowest BCUT2D eigenvalue weighted by molar-refractivity contribution is -0.137. The minimum absolute atomic E-state index is 0.0925.